The Kier molecular flexibility index (Phi) is 4.27. The van der Waals surface area contributed by atoms with Gasteiger partial charge in [-0.2, -0.15) is 0 Å². The predicted molar refractivity (Wildman–Crippen MR) is 89.9 cm³/mol. The second-order valence-corrected chi connectivity index (χ2v) is 6.23. The van der Waals surface area contributed by atoms with E-state index in [1.54, 1.807) is 12.1 Å². The van der Waals surface area contributed by atoms with Gasteiger partial charge in [-0.1, -0.05) is 29.0 Å². The van der Waals surface area contributed by atoms with Crippen molar-refractivity contribution in [2.24, 2.45) is 0 Å². The lowest BCUT2D eigenvalue weighted by Gasteiger charge is -1.98. The number of hydrogen-bond donors (Lipinski definition) is 2. The average Bonchev–Trinajstić information content (AvgIpc) is 2.88. The van der Waals surface area contributed by atoms with E-state index in [1.165, 1.54) is 35.6 Å². The zero-order valence-electron chi connectivity index (χ0n) is 11.8. The van der Waals surface area contributed by atoms with E-state index >= 15 is 0 Å². The zero-order chi connectivity index (χ0) is 16.4. The highest BCUT2D eigenvalue weighted by Gasteiger charge is 2.21. The molecule has 1 heterocycles. The molecule has 0 amide bonds. The summed E-state index contributed by atoms with van der Waals surface area (Å²) in [4.78, 5) is 15.7. The summed E-state index contributed by atoms with van der Waals surface area (Å²) in [5.74, 6) is -0.396. The number of nitrogens with one attached hydrogen (secondary N) is 2. The molecular weight excluding hydrogens is 337 g/mol. The van der Waals surface area contributed by atoms with Crippen molar-refractivity contribution in [3.63, 3.8) is 0 Å². The van der Waals surface area contributed by atoms with Gasteiger partial charge < -0.3 is 5.73 Å². The molecule has 1 aromatic heterocycles. The van der Waals surface area contributed by atoms with Crippen molar-refractivity contribution in [1.82, 2.24) is 0 Å². The smallest absolute Gasteiger partial charge is 0.283 e. The maximum absolute atomic E-state index is 13.0. The number of benzene rings is 2. The number of aromatic nitrogens is 1. The van der Waals surface area contributed by atoms with Crippen molar-refractivity contribution >= 4 is 45.4 Å². The monoisotopic (exact) mass is 348 g/mol. The van der Waals surface area contributed by atoms with Crippen LogP contribution in [0.3, 0.4) is 0 Å². The van der Waals surface area contributed by atoms with Gasteiger partial charge in [-0.15, -0.1) is 0 Å². The van der Waals surface area contributed by atoms with E-state index in [4.69, 9.17) is 17.3 Å². The third-order valence-corrected chi connectivity index (χ3v) is 4.34. The van der Waals surface area contributed by atoms with Crippen molar-refractivity contribution in [1.29, 1.82) is 0 Å². The lowest BCUT2D eigenvalue weighted by atomic mass is 10.1. The number of nitrogens with two attached hydrogens (primary N) is 1. The Morgan fingerprint density at radius 3 is 2.65 bits per heavy atom. The zero-order valence-corrected chi connectivity index (χ0v) is 13.3. The fraction of sp³-hybridized carbons (Fsp3) is 0. The number of hydrogen-bond acceptors (Lipinski definition) is 4. The number of ketones is 1. The SMILES string of the molecule is Nc1[nH+]c(Nc2cccc(Cl)c2)sc1C(=O)c1ccc(F)cc1. The van der Waals surface area contributed by atoms with Crippen LogP contribution in [0.1, 0.15) is 15.2 Å². The van der Waals surface area contributed by atoms with Crippen LogP contribution >= 0.6 is 22.9 Å². The van der Waals surface area contributed by atoms with E-state index in [1.807, 2.05) is 12.1 Å². The number of carbonyl (C=O) groups is 1. The fourth-order valence-electron chi connectivity index (χ4n) is 2.02. The largest absolute Gasteiger partial charge is 0.317 e. The molecular formula is C16H12ClFN3OS+. The van der Waals surface area contributed by atoms with Crippen LogP contribution in [0.2, 0.25) is 5.02 Å². The number of halogens is 2. The highest BCUT2D eigenvalue weighted by Crippen LogP contribution is 2.27. The lowest BCUT2D eigenvalue weighted by molar-refractivity contribution is -0.336. The van der Waals surface area contributed by atoms with Crippen LogP contribution in [0, 0.1) is 5.82 Å². The number of H-pyrrole nitrogens is 1. The number of aromatic amines is 1. The molecule has 3 aromatic rings. The number of rotatable bonds is 4. The van der Waals surface area contributed by atoms with E-state index in [0.717, 1.165) is 5.69 Å². The van der Waals surface area contributed by atoms with Gasteiger partial charge in [0.05, 0.1) is 5.69 Å². The Balaban J connectivity index is 1.86. The summed E-state index contributed by atoms with van der Waals surface area (Å²) in [5.41, 5.74) is 7.04. The van der Waals surface area contributed by atoms with Crippen LogP contribution in [0.5, 0.6) is 0 Å². The van der Waals surface area contributed by atoms with Crippen LogP contribution < -0.4 is 16.0 Å². The normalized spacial score (nSPS) is 10.5. The third kappa shape index (κ3) is 3.49. The molecule has 0 aliphatic heterocycles. The van der Waals surface area contributed by atoms with E-state index in [0.29, 0.717) is 20.6 Å². The molecule has 7 heteroatoms. The highest BCUT2D eigenvalue weighted by atomic mass is 35.5. The molecule has 0 aliphatic rings. The van der Waals surface area contributed by atoms with Crippen LogP contribution in [-0.2, 0) is 0 Å². The standard InChI is InChI=1S/C16H11ClFN3OS/c17-10-2-1-3-12(8-10)20-16-21-15(19)14(23-16)13(22)9-4-6-11(18)7-5-9/h1-8H,19H2,(H,20,21)/p+1. The van der Waals surface area contributed by atoms with Crippen LogP contribution in [-0.4, -0.2) is 5.78 Å². The molecule has 116 valence electrons. The first-order valence-corrected chi connectivity index (χ1v) is 7.87. The molecule has 4 nitrogen and oxygen atoms in total. The Hall–Kier alpha value is -2.44. The molecule has 2 aromatic carbocycles. The first-order chi connectivity index (χ1) is 11.0. The van der Waals surface area contributed by atoms with Gasteiger partial charge in [0.15, 0.2) is 4.88 Å². The van der Waals surface area contributed by atoms with Gasteiger partial charge in [-0.25, -0.2) is 9.37 Å². The molecule has 0 atom stereocenters. The number of nitrogen functional groups attached to an aromatic ring is 1. The number of thiazole rings is 1. The summed E-state index contributed by atoms with van der Waals surface area (Å²) in [6.45, 7) is 0. The lowest BCUT2D eigenvalue weighted by Crippen LogP contribution is -2.12. The molecule has 3 rings (SSSR count). The van der Waals surface area contributed by atoms with Crippen LogP contribution in [0.4, 0.5) is 21.0 Å². The van der Waals surface area contributed by atoms with Gasteiger partial charge in [0, 0.05) is 10.6 Å². The molecule has 4 N–H and O–H groups in total. The Labute approximate surface area is 140 Å². The summed E-state index contributed by atoms with van der Waals surface area (Å²) in [7, 11) is 0. The summed E-state index contributed by atoms with van der Waals surface area (Å²) in [6.07, 6.45) is 0. The Morgan fingerprint density at radius 1 is 1.22 bits per heavy atom. The van der Waals surface area contributed by atoms with Gasteiger partial charge in [-0.05, 0) is 42.5 Å². The van der Waals surface area contributed by atoms with Gasteiger partial charge >= 0.3 is 0 Å². The van der Waals surface area contributed by atoms with Gasteiger partial charge in [-0.3, -0.25) is 10.1 Å². The molecule has 0 saturated heterocycles. The second-order valence-electron chi connectivity index (χ2n) is 4.77. The Bertz CT molecular complexity index is 864. The van der Waals surface area contributed by atoms with Crippen molar-refractivity contribution in [3.05, 3.63) is 69.8 Å². The highest BCUT2D eigenvalue weighted by molar-refractivity contribution is 7.17. The van der Waals surface area contributed by atoms with Gasteiger partial charge in [0.25, 0.3) is 5.13 Å². The summed E-state index contributed by atoms with van der Waals surface area (Å²) >= 11 is 7.12. The quantitative estimate of drug-likeness (QED) is 0.702. The predicted octanol–water partition coefficient (Wildman–Crippen LogP) is 3.91. The minimum Gasteiger partial charge on any atom is -0.317 e. The molecule has 0 saturated carbocycles. The second kappa shape index (κ2) is 6.36. The molecule has 0 spiro atoms. The molecule has 0 bridgehead atoms. The summed E-state index contributed by atoms with van der Waals surface area (Å²) in [5, 5.41) is 4.31. The van der Waals surface area contributed by atoms with Gasteiger partial charge in [0.2, 0.25) is 11.6 Å². The molecule has 0 radical (unpaired) electrons. The first kappa shape index (κ1) is 15.5. The van der Waals surface area contributed by atoms with Crippen molar-refractivity contribution < 1.29 is 14.2 Å². The van der Waals surface area contributed by atoms with E-state index in [-0.39, 0.29) is 11.6 Å². The maximum atomic E-state index is 13.0. The number of carbonyl (C=O) groups excluding carboxylic acids is 1. The third-order valence-electron chi connectivity index (χ3n) is 3.09. The number of anilines is 3. The molecule has 0 aliphatic carbocycles. The minimum atomic E-state index is -0.393. The van der Waals surface area contributed by atoms with E-state index in [2.05, 4.69) is 10.3 Å². The molecule has 0 unspecified atom stereocenters. The first-order valence-electron chi connectivity index (χ1n) is 6.67. The molecule has 0 fully saturated rings. The van der Waals surface area contributed by atoms with E-state index < -0.39 is 5.82 Å². The van der Waals surface area contributed by atoms with Gasteiger partial charge in [0.1, 0.15) is 5.82 Å². The maximum Gasteiger partial charge on any atom is 0.283 e. The fourth-order valence-corrected chi connectivity index (χ4v) is 3.11. The average molecular weight is 349 g/mol. The topological polar surface area (TPSA) is 69.3 Å². The van der Waals surface area contributed by atoms with Crippen LogP contribution in [0.15, 0.2) is 48.5 Å². The van der Waals surface area contributed by atoms with Crippen molar-refractivity contribution in [3.8, 4) is 0 Å². The summed E-state index contributed by atoms with van der Waals surface area (Å²) in [6, 6.07) is 12.5. The Morgan fingerprint density at radius 2 is 1.96 bits per heavy atom. The van der Waals surface area contributed by atoms with Crippen molar-refractivity contribution in [2.45, 2.75) is 0 Å². The van der Waals surface area contributed by atoms with Crippen LogP contribution in [0.25, 0.3) is 0 Å². The van der Waals surface area contributed by atoms with E-state index in [9.17, 15) is 9.18 Å². The summed E-state index contributed by atoms with van der Waals surface area (Å²) < 4.78 is 13.0. The minimum absolute atomic E-state index is 0.258. The van der Waals surface area contributed by atoms with Crippen molar-refractivity contribution in [2.75, 3.05) is 11.1 Å². The molecule has 23 heavy (non-hydrogen) atoms.